The number of fused-ring (bicyclic) bond motifs is 5. The molecule has 3 fully saturated rings. The van der Waals surface area contributed by atoms with Gasteiger partial charge in [-0.3, -0.25) is 9.59 Å². The number of hydrogen-bond acceptors (Lipinski definition) is 3. The van der Waals surface area contributed by atoms with Gasteiger partial charge in [0.1, 0.15) is 17.9 Å². The van der Waals surface area contributed by atoms with E-state index in [4.69, 9.17) is 4.74 Å². The van der Waals surface area contributed by atoms with Crippen molar-refractivity contribution in [3.8, 4) is 0 Å². The molecule has 8 atom stereocenters. The highest BCUT2D eigenvalue weighted by molar-refractivity contribution is 6.01. The molecule has 31 heavy (non-hydrogen) atoms. The fourth-order valence-electron chi connectivity index (χ4n) is 7.31. The number of carbonyl (C=O) groups is 2. The second-order valence-electron chi connectivity index (χ2n) is 11.0. The van der Waals surface area contributed by atoms with E-state index in [9.17, 15) is 9.59 Å². The third-order valence-corrected chi connectivity index (χ3v) is 9.13. The second-order valence-corrected chi connectivity index (χ2v) is 11.0. The number of hydrogen-bond donors (Lipinski definition) is 0. The number of ether oxygens (including phenoxy) is 1. The van der Waals surface area contributed by atoms with E-state index in [-0.39, 0.29) is 35.6 Å². The molecule has 3 nitrogen and oxygen atoms in total. The molecule has 0 aromatic rings. The third-order valence-electron chi connectivity index (χ3n) is 9.13. The molecule has 3 saturated carbocycles. The molecular formula is C26H36F2O3. The van der Waals surface area contributed by atoms with Crippen molar-refractivity contribution in [1.82, 2.24) is 0 Å². The van der Waals surface area contributed by atoms with Crippen LogP contribution in [0.1, 0.15) is 79.1 Å². The minimum absolute atomic E-state index is 0.0280. The zero-order chi connectivity index (χ0) is 22.6. The molecule has 0 N–H and O–H groups in total. The van der Waals surface area contributed by atoms with Crippen molar-refractivity contribution >= 4 is 11.8 Å². The SMILES string of the molecule is CCCC(C)CC(=O)O[C@@H]1CC[C@H]2[C@@H]3C[C@H](F)C4=CC(=O)C=C[C@]4(C)[C@@]3(F)CC[C@]12C. The van der Waals surface area contributed by atoms with Crippen LogP contribution in [0, 0.1) is 28.6 Å². The van der Waals surface area contributed by atoms with Crippen LogP contribution < -0.4 is 0 Å². The minimum Gasteiger partial charge on any atom is -0.462 e. The van der Waals surface area contributed by atoms with Gasteiger partial charge in [-0.25, -0.2) is 8.78 Å². The van der Waals surface area contributed by atoms with Crippen LogP contribution >= 0.6 is 0 Å². The fourth-order valence-corrected chi connectivity index (χ4v) is 7.31. The Balaban J connectivity index is 1.56. The molecule has 172 valence electrons. The van der Waals surface area contributed by atoms with Gasteiger partial charge in [-0.05, 0) is 68.6 Å². The number of rotatable bonds is 5. The summed E-state index contributed by atoms with van der Waals surface area (Å²) < 4.78 is 38.1. The summed E-state index contributed by atoms with van der Waals surface area (Å²) in [7, 11) is 0. The van der Waals surface area contributed by atoms with Gasteiger partial charge in [0.15, 0.2) is 5.78 Å². The lowest BCUT2D eigenvalue weighted by Crippen LogP contribution is -2.62. The molecule has 0 radical (unpaired) electrons. The predicted molar refractivity (Wildman–Crippen MR) is 116 cm³/mol. The molecule has 4 aliphatic rings. The average molecular weight is 435 g/mol. The Bertz CT molecular complexity index is 819. The number of ketones is 1. The van der Waals surface area contributed by atoms with E-state index in [1.54, 1.807) is 13.0 Å². The van der Waals surface area contributed by atoms with Gasteiger partial charge in [-0.1, -0.05) is 39.7 Å². The first kappa shape index (κ1) is 22.7. The number of esters is 1. The molecule has 0 aromatic heterocycles. The molecule has 0 amide bonds. The van der Waals surface area contributed by atoms with Crippen LogP contribution in [0.2, 0.25) is 0 Å². The van der Waals surface area contributed by atoms with Gasteiger partial charge in [0.25, 0.3) is 0 Å². The maximum Gasteiger partial charge on any atom is 0.306 e. The maximum absolute atomic E-state index is 16.8. The molecule has 0 saturated heterocycles. The molecule has 0 spiro atoms. The van der Waals surface area contributed by atoms with Crippen molar-refractivity contribution in [1.29, 1.82) is 0 Å². The van der Waals surface area contributed by atoms with E-state index >= 15 is 8.78 Å². The molecule has 0 bridgehead atoms. The topological polar surface area (TPSA) is 43.4 Å². The number of alkyl halides is 2. The lowest BCUT2D eigenvalue weighted by Gasteiger charge is -2.60. The van der Waals surface area contributed by atoms with Crippen molar-refractivity contribution in [2.75, 3.05) is 0 Å². The summed E-state index contributed by atoms with van der Waals surface area (Å²) in [5.74, 6) is -0.599. The maximum atomic E-state index is 16.8. The Kier molecular flexibility index (Phi) is 5.71. The second kappa shape index (κ2) is 7.81. The normalized spacial score (nSPS) is 44.7. The number of carbonyl (C=O) groups excluding carboxylic acids is 2. The fraction of sp³-hybridized carbons (Fsp3) is 0.769. The Morgan fingerprint density at radius 1 is 1.26 bits per heavy atom. The van der Waals surface area contributed by atoms with Crippen LogP contribution in [-0.2, 0) is 14.3 Å². The Morgan fingerprint density at radius 3 is 2.71 bits per heavy atom. The van der Waals surface area contributed by atoms with Gasteiger partial charge in [0.05, 0.1) is 0 Å². The summed E-state index contributed by atoms with van der Waals surface area (Å²) in [5, 5.41) is 0. The van der Waals surface area contributed by atoms with Crippen LogP contribution in [0.15, 0.2) is 23.8 Å². The molecule has 4 aliphatic carbocycles. The first-order chi connectivity index (χ1) is 14.5. The molecule has 1 unspecified atom stereocenters. The summed E-state index contributed by atoms with van der Waals surface area (Å²) >= 11 is 0. The Morgan fingerprint density at radius 2 is 2.00 bits per heavy atom. The van der Waals surface area contributed by atoms with E-state index in [1.165, 1.54) is 12.2 Å². The van der Waals surface area contributed by atoms with Gasteiger partial charge < -0.3 is 4.74 Å². The lowest BCUT2D eigenvalue weighted by atomic mass is 9.46. The summed E-state index contributed by atoms with van der Waals surface area (Å²) in [4.78, 5) is 24.4. The zero-order valence-corrected chi connectivity index (χ0v) is 19.3. The average Bonchev–Trinajstić information content (AvgIpc) is 3.02. The standard InChI is InChI=1S/C26H36F2O3/c1-5-6-16(2)13-23(30)31-22-8-7-18-19-15-21(27)20-14-17(29)9-10-25(20,4)26(19,28)12-11-24(18,22)3/h9-10,14,16,18-19,21-22H,5-8,11-13,15H2,1-4H3/t16?,18-,19-,21-,22+,24-,25-,26+/m0/s1. The van der Waals surface area contributed by atoms with E-state index in [2.05, 4.69) is 20.8 Å². The first-order valence-corrected chi connectivity index (χ1v) is 12.0. The van der Waals surface area contributed by atoms with Gasteiger partial charge in [-0.15, -0.1) is 0 Å². The minimum atomic E-state index is -1.59. The molecular weight excluding hydrogens is 398 g/mol. The Hall–Kier alpha value is -1.52. The smallest absolute Gasteiger partial charge is 0.306 e. The predicted octanol–water partition coefficient (Wildman–Crippen LogP) is 6.07. The molecule has 5 heteroatoms. The lowest BCUT2D eigenvalue weighted by molar-refractivity contribution is -0.171. The third kappa shape index (κ3) is 3.41. The van der Waals surface area contributed by atoms with Gasteiger partial charge in [0, 0.05) is 23.2 Å². The first-order valence-electron chi connectivity index (χ1n) is 12.0. The van der Waals surface area contributed by atoms with Crippen molar-refractivity contribution in [3.63, 3.8) is 0 Å². The van der Waals surface area contributed by atoms with Crippen molar-refractivity contribution < 1.29 is 23.1 Å². The number of allylic oxidation sites excluding steroid dienone is 4. The van der Waals surface area contributed by atoms with Crippen LogP contribution in [-0.4, -0.2) is 29.7 Å². The highest BCUT2D eigenvalue weighted by Crippen LogP contribution is 2.68. The highest BCUT2D eigenvalue weighted by Gasteiger charge is 2.68. The van der Waals surface area contributed by atoms with Gasteiger partial charge >= 0.3 is 5.97 Å². The largest absolute Gasteiger partial charge is 0.462 e. The molecule has 0 heterocycles. The van der Waals surface area contributed by atoms with Gasteiger partial charge in [-0.2, -0.15) is 0 Å². The van der Waals surface area contributed by atoms with Gasteiger partial charge in [0.2, 0.25) is 0 Å². The van der Waals surface area contributed by atoms with Crippen LogP contribution in [0.25, 0.3) is 0 Å². The summed E-state index contributed by atoms with van der Waals surface area (Å²) in [6, 6.07) is 0. The van der Waals surface area contributed by atoms with Crippen LogP contribution in [0.5, 0.6) is 0 Å². The molecule has 0 aliphatic heterocycles. The summed E-state index contributed by atoms with van der Waals surface area (Å²) in [6.45, 7) is 8.04. The van der Waals surface area contributed by atoms with Crippen molar-refractivity contribution in [3.05, 3.63) is 23.8 Å². The summed E-state index contributed by atoms with van der Waals surface area (Å²) in [6.07, 6.45) is 7.69. The van der Waals surface area contributed by atoms with Crippen LogP contribution in [0.4, 0.5) is 8.78 Å². The van der Waals surface area contributed by atoms with E-state index in [1.807, 2.05) is 0 Å². The van der Waals surface area contributed by atoms with Crippen molar-refractivity contribution in [2.45, 2.75) is 97.0 Å². The Labute approximate surface area is 184 Å². The monoisotopic (exact) mass is 434 g/mol. The van der Waals surface area contributed by atoms with Crippen LogP contribution in [0.3, 0.4) is 0 Å². The zero-order valence-electron chi connectivity index (χ0n) is 19.3. The molecule has 4 rings (SSSR count). The van der Waals surface area contributed by atoms with E-state index < -0.39 is 23.2 Å². The summed E-state index contributed by atoms with van der Waals surface area (Å²) in [5.41, 5.74) is -2.70. The van der Waals surface area contributed by atoms with E-state index in [0.717, 1.165) is 19.3 Å². The quantitative estimate of drug-likeness (QED) is 0.493. The number of halogens is 2. The van der Waals surface area contributed by atoms with Crippen molar-refractivity contribution in [2.24, 2.45) is 28.6 Å². The highest BCUT2D eigenvalue weighted by atomic mass is 19.1. The van der Waals surface area contributed by atoms with E-state index in [0.29, 0.717) is 37.2 Å². The molecule has 0 aromatic carbocycles.